The molecule has 0 atom stereocenters. The topological polar surface area (TPSA) is 20.3 Å². The monoisotopic (exact) mass is 253 g/mol. The second-order valence-corrected chi connectivity index (χ2v) is 5.06. The normalized spacial score (nSPS) is 10.4. The molecule has 0 unspecified atom stereocenters. The fourth-order valence-corrected chi connectivity index (χ4v) is 1.93. The van der Waals surface area contributed by atoms with Crippen molar-refractivity contribution in [1.82, 2.24) is 4.90 Å². The van der Waals surface area contributed by atoms with Gasteiger partial charge in [0, 0.05) is 18.7 Å². The molecule has 0 saturated carbocycles. The molecule has 1 amide bonds. The van der Waals surface area contributed by atoms with Gasteiger partial charge in [0.25, 0.3) is 0 Å². The van der Waals surface area contributed by atoms with Crippen molar-refractivity contribution in [2.24, 2.45) is 0 Å². The molecule has 0 aromatic rings. The maximum atomic E-state index is 12.3. The molecule has 0 saturated heterocycles. The molecule has 0 radical (unpaired) electrons. The van der Waals surface area contributed by atoms with Crippen LogP contribution in [0.5, 0.6) is 0 Å². The SMILES string of the molecule is C=C(CCCCC)C(=O)N(CCCC)CCCC. The standard InChI is InChI=1S/C16H31NO/c1-5-8-11-12-15(4)16(18)17(13-9-6-2)14-10-7-3/h4-14H2,1-3H3. The summed E-state index contributed by atoms with van der Waals surface area (Å²) in [6, 6.07) is 0. The van der Waals surface area contributed by atoms with Crippen LogP contribution in [0, 0.1) is 0 Å². The minimum atomic E-state index is 0.188. The van der Waals surface area contributed by atoms with Gasteiger partial charge in [0.05, 0.1) is 0 Å². The van der Waals surface area contributed by atoms with Gasteiger partial charge in [0.1, 0.15) is 0 Å². The Morgan fingerprint density at radius 2 is 1.39 bits per heavy atom. The quantitative estimate of drug-likeness (QED) is 0.391. The lowest BCUT2D eigenvalue weighted by molar-refractivity contribution is -0.127. The van der Waals surface area contributed by atoms with E-state index in [0.29, 0.717) is 0 Å². The zero-order chi connectivity index (χ0) is 13.8. The summed E-state index contributed by atoms with van der Waals surface area (Å²) < 4.78 is 0. The second kappa shape index (κ2) is 11.3. The van der Waals surface area contributed by atoms with Crippen LogP contribution < -0.4 is 0 Å². The van der Waals surface area contributed by atoms with Gasteiger partial charge >= 0.3 is 0 Å². The summed E-state index contributed by atoms with van der Waals surface area (Å²) in [5.41, 5.74) is 0.802. The van der Waals surface area contributed by atoms with Gasteiger partial charge in [-0.05, 0) is 25.7 Å². The van der Waals surface area contributed by atoms with Crippen molar-refractivity contribution in [3.63, 3.8) is 0 Å². The van der Waals surface area contributed by atoms with Gasteiger partial charge in [0.15, 0.2) is 0 Å². The molecule has 0 aliphatic heterocycles. The summed E-state index contributed by atoms with van der Waals surface area (Å²) in [4.78, 5) is 14.3. The van der Waals surface area contributed by atoms with E-state index in [0.717, 1.165) is 57.2 Å². The molecule has 0 fully saturated rings. The highest BCUT2D eigenvalue weighted by molar-refractivity contribution is 5.92. The summed E-state index contributed by atoms with van der Waals surface area (Å²) >= 11 is 0. The number of hydrogen-bond donors (Lipinski definition) is 0. The van der Waals surface area contributed by atoms with Crippen molar-refractivity contribution >= 4 is 5.91 Å². The lowest BCUT2D eigenvalue weighted by Crippen LogP contribution is -2.33. The van der Waals surface area contributed by atoms with Crippen molar-refractivity contribution in [3.8, 4) is 0 Å². The molecule has 0 aromatic heterocycles. The van der Waals surface area contributed by atoms with E-state index in [-0.39, 0.29) is 5.91 Å². The molecule has 2 heteroatoms. The Balaban J connectivity index is 4.19. The predicted octanol–water partition coefficient (Wildman–Crippen LogP) is 4.55. The molecule has 0 aliphatic rings. The lowest BCUT2D eigenvalue weighted by atomic mass is 10.1. The Hall–Kier alpha value is -0.790. The third-order valence-electron chi connectivity index (χ3n) is 3.23. The van der Waals surface area contributed by atoms with Crippen LogP contribution in [0.15, 0.2) is 12.2 Å². The number of rotatable bonds is 11. The Bertz CT molecular complexity index is 227. The van der Waals surface area contributed by atoms with E-state index in [9.17, 15) is 4.79 Å². The molecular weight excluding hydrogens is 222 g/mol. The number of hydrogen-bond acceptors (Lipinski definition) is 1. The van der Waals surface area contributed by atoms with E-state index in [1.54, 1.807) is 0 Å². The van der Waals surface area contributed by atoms with Gasteiger partial charge in [-0.2, -0.15) is 0 Å². The first-order valence-electron chi connectivity index (χ1n) is 7.64. The molecule has 0 aliphatic carbocycles. The van der Waals surface area contributed by atoms with Crippen LogP contribution in [0.4, 0.5) is 0 Å². The van der Waals surface area contributed by atoms with E-state index in [2.05, 4.69) is 27.4 Å². The molecule has 106 valence electrons. The maximum absolute atomic E-state index is 12.3. The van der Waals surface area contributed by atoms with Gasteiger partial charge in [-0.1, -0.05) is 53.0 Å². The summed E-state index contributed by atoms with van der Waals surface area (Å²) in [6.07, 6.45) is 8.80. The molecule has 0 heterocycles. The zero-order valence-corrected chi connectivity index (χ0v) is 12.6. The third-order valence-corrected chi connectivity index (χ3v) is 3.23. The first-order valence-corrected chi connectivity index (χ1v) is 7.64. The second-order valence-electron chi connectivity index (χ2n) is 5.06. The molecule has 0 N–H and O–H groups in total. The number of carbonyl (C=O) groups excluding carboxylic acids is 1. The van der Waals surface area contributed by atoms with Gasteiger partial charge in [-0.25, -0.2) is 0 Å². The first-order chi connectivity index (χ1) is 8.67. The van der Waals surface area contributed by atoms with Gasteiger partial charge in [0.2, 0.25) is 5.91 Å². The van der Waals surface area contributed by atoms with E-state index >= 15 is 0 Å². The Morgan fingerprint density at radius 3 is 1.83 bits per heavy atom. The number of nitrogens with zero attached hydrogens (tertiary/aromatic N) is 1. The molecule has 0 spiro atoms. The summed E-state index contributed by atoms with van der Waals surface area (Å²) in [7, 11) is 0. The van der Waals surface area contributed by atoms with Crippen LogP contribution in [0.2, 0.25) is 0 Å². The van der Waals surface area contributed by atoms with Crippen LogP contribution in [0.3, 0.4) is 0 Å². The number of unbranched alkanes of at least 4 members (excludes halogenated alkanes) is 4. The molecule has 0 rings (SSSR count). The molecule has 0 bridgehead atoms. The highest BCUT2D eigenvalue weighted by Gasteiger charge is 2.15. The van der Waals surface area contributed by atoms with Gasteiger partial charge < -0.3 is 4.90 Å². The van der Waals surface area contributed by atoms with E-state index in [1.807, 2.05) is 4.90 Å². The van der Waals surface area contributed by atoms with Crippen LogP contribution in [0.25, 0.3) is 0 Å². The average molecular weight is 253 g/mol. The minimum absolute atomic E-state index is 0.188. The van der Waals surface area contributed by atoms with Crippen LogP contribution in [-0.2, 0) is 4.79 Å². The van der Waals surface area contributed by atoms with Gasteiger partial charge in [-0.3, -0.25) is 4.79 Å². The first kappa shape index (κ1) is 17.2. The molecule has 2 nitrogen and oxygen atoms in total. The third kappa shape index (κ3) is 7.52. The molecule has 18 heavy (non-hydrogen) atoms. The van der Waals surface area contributed by atoms with Crippen LogP contribution in [0.1, 0.15) is 72.1 Å². The zero-order valence-electron chi connectivity index (χ0n) is 12.6. The van der Waals surface area contributed by atoms with E-state index in [4.69, 9.17) is 0 Å². The Morgan fingerprint density at radius 1 is 0.889 bits per heavy atom. The fourth-order valence-electron chi connectivity index (χ4n) is 1.93. The average Bonchev–Trinajstić information content (AvgIpc) is 2.38. The largest absolute Gasteiger partial charge is 0.339 e. The van der Waals surface area contributed by atoms with Crippen LogP contribution >= 0.6 is 0 Å². The van der Waals surface area contributed by atoms with Crippen LogP contribution in [-0.4, -0.2) is 23.9 Å². The van der Waals surface area contributed by atoms with E-state index in [1.165, 1.54) is 12.8 Å². The summed E-state index contributed by atoms with van der Waals surface area (Å²) in [5.74, 6) is 0.188. The molecule has 0 aromatic carbocycles. The Labute approximate surface area is 113 Å². The smallest absolute Gasteiger partial charge is 0.249 e. The van der Waals surface area contributed by atoms with Crippen molar-refractivity contribution in [2.75, 3.05) is 13.1 Å². The maximum Gasteiger partial charge on any atom is 0.249 e. The lowest BCUT2D eigenvalue weighted by Gasteiger charge is -2.23. The van der Waals surface area contributed by atoms with Crippen molar-refractivity contribution in [2.45, 2.75) is 72.1 Å². The number of amides is 1. The predicted molar refractivity (Wildman–Crippen MR) is 79.7 cm³/mol. The van der Waals surface area contributed by atoms with Crippen molar-refractivity contribution in [1.29, 1.82) is 0 Å². The summed E-state index contributed by atoms with van der Waals surface area (Å²) in [5, 5.41) is 0. The highest BCUT2D eigenvalue weighted by Crippen LogP contribution is 2.12. The molecular formula is C16H31NO. The number of carbonyl (C=O) groups is 1. The van der Waals surface area contributed by atoms with Crippen molar-refractivity contribution < 1.29 is 4.79 Å². The van der Waals surface area contributed by atoms with E-state index < -0.39 is 0 Å². The van der Waals surface area contributed by atoms with Gasteiger partial charge in [-0.15, -0.1) is 0 Å². The minimum Gasteiger partial charge on any atom is -0.339 e. The highest BCUT2D eigenvalue weighted by atomic mass is 16.2. The van der Waals surface area contributed by atoms with Crippen molar-refractivity contribution in [3.05, 3.63) is 12.2 Å². The summed E-state index contributed by atoms with van der Waals surface area (Å²) in [6.45, 7) is 12.3. The fraction of sp³-hybridized carbons (Fsp3) is 0.812. The Kier molecular flexibility index (Phi) is 10.8.